The highest BCUT2D eigenvalue weighted by molar-refractivity contribution is 5.36. The Morgan fingerprint density at radius 3 is 3.36 bits per heavy atom. The van der Waals surface area contributed by atoms with Crippen LogP contribution < -0.4 is 4.74 Å². The molecule has 1 nitrogen and oxygen atoms in total. The van der Waals surface area contributed by atoms with Crippen molar-refractivity contribution in [2.45, 2.75) is 19.3 Å². The summed E-state index contributed by atoms with van der Waals surface area (Å²) in [6.45, 7) is 3.07. The molecule has 0 saturated heterocycles. The van der Waals surface area contributed by atoms with E-state index in [2.05, 4.69) is 13.0 Å². The molecule has 0 spiro atoms. The van der Waals surface area contributed by atoms with Crippen LogP contribution in [0.15, 0.2) is 18.2 Å². The molecule has 0 saturated carbocycles. The molecule has 57 valence electrons. The number of hydrogen-bond donors (Lipinski definition) is 0. The van der Waals surface area contributed by atoms with Crippen LogP contribution in [0.4, 0.5) is 0 Å². The third-order valence-electron chi connectivity index (χ3n) is 2.15. The predicted octanol–water partition coefficient (Wildman–Crippen LogP) is 2.37. The average Bonchev–Trinajstić information content (AvgIpc) is 2.06. The lowest BCUT2D eigenvalue weighted by Crippen LogP contribution is -2.11. The summed E-state index contributed by atoms with van der Waals surface area (Å²) in [5.41, 5.74) is 1.23. The third-order valence-corrected chi connectivity index (χ3v) is 2.15. The molecule has 1 atom stereocenters. The molecule has 1 radical (unpaired) electrons. The lowest BCUT2D eigenvalue weighted by molar-refractivity contribution is 0.272. The normalized spacial score (nSPS) is 22.1. The van der Waals surface area contributed by atoms with Crippen LogP contribution in [0.3, 0.4) is 0 Å². The monoisotopic (exact) mass is 147 g/mol. The fraction of sp³-hybridized carbons (Fsp3) is 0.400. The van der Waals surface area contributed by atoms with Gasteiger partial charge < -0.3 is 4.74 Å². The fourth-order valence-corrected chi connectivity index (χ4v) is 1.44. The third kappa shape index (κ3) is 1.11. The first-order valence-electron chi connectivity index (χ1n) is 4.01. The van der Waals surface area contributed by atoms with E-state index in [1.807, 2.05) is 18.2 Å². The van der Waals surface area contributed by atoms with Gasteiger partial charge in [0.1, 0.15) is 5.75 Å². The first-order chi connectivity index (χ1) is 5.38. The van der Waals surface area contributed by atoms with Crippen molar-refractivity contribution in [2.75, 3.05) is 6.61 Å². The summed E-state index contributed by atoms with van der Waals surface area (Å²) in [4.78, 5) is 0. The van der Waals surface area contributed by atoms with Crippen LogP contribution >= 0.6 is 0 Å². The Labute approximate surface area is 67.0 Å². The molecule has 0 amide bonds. The standard InChI is InChI=1S/C10H11O/c1-8-6-7-11-10-5-3-2-4-9(8)10/h2-3,5,8H,6-7H2,1H3. The van der Waals surface area contributed by atoms with Crippen LogP contribution in [0.2, 0.25) is 0 Å². The lowest BCUT2D eigenvalue weighted by Gasteiger charge is -2.21. The molecular formula is C10H11O. The van der Waals surface area contributed by atoms with Gasteiger partial charge in [-0.1, -0.05) is 19.1 Å². The molecule has 0 bridgehead atoms. The molecule has 1 aliphatic heterocycles. The molecule has 1 aromatic carbocycles. The van der Waals surface area contributed by atoms with E-state index < -0.39 is 0 Å². The Hall–Kier alpha value is -0.980. The summed E-state index contributed by atoms with van der Waals surface area (Å²) in [6.07, 6.45) is 1.12. The van der Waals surface area contributed by atoms with E-state index in [4.69, 9.17) is 4.74 Å². The zero-order chi connectivity index (χ0) is 7.68. The molecule has 1 unspecified atom stereocenters. The molecule has 1 heteroatoms. The van der Waals surface area contributed by atoms with E-state index in [9.17, 15) is 0 Å². The maximum absolute atomic E-state index is 5.46. The molecule has 0 aromatic heterocycles. The van der Waals surface area contributed by atoms with Crippen molar-refractivity contribution in [3.05, 3.63) is 29.8 Å². The molecular weight excluding hydrogens is 136 g/mol. The van der Waals surface area contributed by atoms with Crippen molar-refractivity contribution in [1.29, 1.82) is 0 Å². The summed E-state index contributed by atoms with van der Waals surface area (Å²) in [7, 11) is 0. The summed E-state index contributed by atoms with van der Waals surface area (Å²) < 4.78 is 5.46. The summed E-state index contributed by atoms with van der Waals surface area (Å²) in [5.74, 6) is 1.63. The molecule has 1 heterocycles. The molecule has 2 rings (SSSR count). The Morgan fingerprint density at radius 1 is 1.64 bits per heavy atom. The maximum atomic E-state index is 5.46. The smallest absolute Gasteiger partial charge is 0.123 e. The highest BCUT2D eigenvalue weighted by Gasteiger charge is 2.15. The second-order valence-electron chi connectivity index (χ2n) is 2.99. The Kier molecular flexibility index (Phi) is 1.57. The van der Waals surface area contributed by atoms with Crippen molar-refractivity contribution in [1.82, 2.24) is 0 Å². The zero-order valence-electron chi connectivity index (χ0n) is 6.63. The van der Waals surface area contributed by atoms with E-state index in [0.29, 0.717) is 5.92 Å². The van der Waals surface area contributed by atoms with E-state index >= 15 is 0 Å². The topological polar surface area (TPSA) is 9.23 Å². The van der Waals surface area contributed by atoms with E-state index in [-0.39, 0.29) is 0 Å². The van der Waals surface area contributed by atoms with Crippen LogP contribution in [0, 0.1) is 6.07 Å². The molecule has 1 aliphatic rings. The van der Waals surface area contributed by atoms with Gasteiger partial charge in [0.25, 0.3) is 0 Å². The van der Waals surface area contributed by atoms with E-state index in [1.54, 1.807) is 0 Å². The van der Waals surface area contributed by atoms with E-state index in [0.717, 1.165) is 18.8 Å². The Morgan fingerprint density at radius 2 is 2.55 bits per heavy atom. The average molecular weight is 147 g/mol. The maximum Gasteiger partial charge on any atom is 0.123 e. The van der Waals surface area contributed by atoms with Gasteiger partial charge in [0.2, 0.25) is 0 Å². The minimum Gasteiger partial charge on any atom is -0.493 e. The van der Waals surface area contributed by atoms with Gasteiger partial charge in [0.05, 0.1) is 6.61 Å². The summed E-state index contributed by atoms with van der Waals surface area (Å²) in [6, 6.07) is 9.15. The van der Waals surface area contributed by atoms with Crippen molar-refractivity contribution in [3.63, 3.8) is 0 Å². The van der Waals surface area contributed by atoms with Crippen molar-refractivity contribution in [2.24, 2.45) is 0 Å². The molecule has 0 N–H and O–H groups in total. The van der Waals surface area contributed by atoms with Gasteiger partial charge in [-0.3, -0.25) is 0 Å². The molecule has 0 aliphatic carbocycles. The quantitative estimate of drug-likeness (QED) is 0.547. The van der Waals surface area contributed by atoms with E-state index in [1.165, 1.54) is 5.56 Å². The number of hydrogen-bond acceptors (Lipinski definition) is 1. The SMILES string of the molecule is CC1CCOc2ccc[c]c21. The second kappa shape index (κ2) is 2.57. The van der Waals surface area contributed by atoms with Gasteiger partial charge in [0, 0.05) is 5.56 Å². The summed E-state index contributed by atoms with van der Waals surface area (Å²) >= 11 is 0. The first-order valence-corrected chi connectivity index (χ1v) is 4.01. The van der Waals surface area contributed by atoms with Gasteiger partial charge in [-0.2, -0.15) is 0 Å². The predicted molar refractivity (Wildman–Crippen MR) is 43.8 cm³/mol. The fourth-order valence-electron chi connectivity index (χ4n) is 1.44. The van der Waals surface area contributed by atoms with Crippen molar-refractivity contribution < 1.29 is 4.74 Å². The number of rotatable bonds is 0. The van der Waals surface area contributed by atoms with Gasteiger partial charge in [-0.25, -0.2) is 0 Å². The zero-order valence-corrected chi connectivity index (χ0v) is 6.63. The Bertz CT molecular complexity index is 255. The molecule has 1 aromatic rings. The number of fused-ring (bicyclic) bond motifs is 1. The van der Waals surface area contributed by atoms with Crippen LogP contribution in [0.5, 0.6) is 5.75 Å². The first kappa shape index (κ1) is 6.71. The van der Waals surface area contributed by atoms with Gasteiger partial charge in [0.15, 0.2) is 0 Å². The van der Waals surface area contributed by atoms with Crippen LogP contribution in [-0.4, -0.2) is 6.61 Å². The number of ether oxygens (including phenoxy) is 1. The van der Waals surface area contributed by atoms with Crippen molar-refractivity contribution in [3.8, 4) is 5.75 Å². The van der Waals surface area contributed by atoms with Crippen LogP contribution in [-0.2, 0) is 0 Å². The largest absolute Gasteiger partial charge is 0.493 e. The minimum atomic E-state index is 0.611. The van der Waals surface area contributed by atoms with Crippen LogP contribution in [0.25, 0.3) is 0 Å². The second-order valence-corrected chi connectivity index (χ2v) is 2.99. The molecule has 0 fully saturated rings. The highest BCUT2D eigenvalue weighted by atomic mass is 16.5. The lowest BCUT2D eigenvalue weighted by atomic mass is 9.95. The Balaban J connectivity index is 2.44. The summed E-state index contributed by atoms with van der Waals surface area (Å²) in [5, 5.41) is 0. The van der Waals surface area contributed by atoms with Gasteiger partial charge in [-0.05, 0) is 24.5 Å². The van der Waals surface area contributed by atoms with Gasteiger partial charge in [-0.15, -0.1) is 0 Å². The van der Waals surface area contributed by atoms with Crippen molar-refractivity contribution >= 4 is 0 Å². The van der Waals surface area contributed by atoms with Crippen LogP contribution in [0.1, 0.15) is 24.8 Å². The highest BCUT2D eigenvalue weighted by Crippen LogP contribution is 2.31. The minimum absolute atomic E-state index is 0.611. The number of benzene rings is 1. The van der Waals surface area contributed by atoms with Gasteiger partial charge >= 0.3 is 0 Å². The molecule has 11 heavy (non-hydrogen) atoms.